The molecule has 1 heterocycles. The summed E-state index contributed by atoms with van der Waals surface area (Å²) >= 11 is 13.7. The summed E-state index contributed by atoms with van der Waals surface area (Å²) in [5, 5.41) is 0.876. The van der Waals surface area contributed by atoms with Crippen molar-refractivity contribution in [2.45, 2.75) is 13.1 Å². The predicted octanol–water partition coefficient (Wildman–Crippen LogP) is 5.47. The molecule has 0 aliphatic carbocycles. The second kappa shape index (κ2) is 4.68. The van der Waals surface area contributed by atoms with Crippen LogP contribution in [-0.4, -0.2) is 4.98 Å². The van der Waals surface area contributed by atoms with Crippen LogP contribution < -0.4 is 0 Å². The van der Waals surface area contributed by atoms with E-state index in [-0.39, 0.29) is 16.1 Å². The summed E-state index contributed by atoms with van der Waals surface area (Å²) in [6.07, 6.45) is -4.52. The summed E-state index contributed by atoms with van der Waals surface area (Å²) < 4.78 is 39.0. The van der Waals surface area contributed by atoms with Gasteiger partial charge in [-0.2, -0.15) is 13.2 Å². The molecule has 0 N–H and O–H groups in total. The van der Waals surface area contributed by atoms with E-state index in [0.29, 0.717) is 14.0 Å². The van der Waals surface area contributed by atoms with Crippen LogP contribution in [0, 0.1) is 10.5 Å². The third kappa shape index (κ3) is 2.40. The largest absolute Gasteiger partial charge is 0.433 e. The van der Waals surface area contributed by atoms with Crippen molar-refractivity contribution in [1.29, 1.82) is 0 Å². The van der Waals surface area contributed by atoms with Crippen molar-refractivity contribution in [3.05, 3.63) is 37.0 Å². The highest BCUT2D eigenvalue weighted by Crippen LogP contribution is 2.38. The molecule has 18 heavy (non-hydrogen) atoms. The number of aromatic nitrogens is 1. The highest BCUT2D eigenvalue weighted by atomic mass is 127. The Balaban J connectivity index is 2.93. The zero-order valence-electron chi connectivity index (χ0n) is 8.87. The number of rotatable bonds is 0. The van der Waals surface area contributed by atoms with E-state index in [1.54, 1.807) is 6.07 Å². The number of benzene rings is 1. The van der Waals surface area contributed by atoms with E-state index in [2.05, 4.69) is 4.98 Å². The lowest BCUT2D eigenvalue weighted by atomic mass is 10.1. The lowest BCUT2D eigenvalue weighted by Crippen LogP contribution is -2.11. The molecule has 0 radical (unpaired) electrons. The van der Waals surface area contributed by atoms with Crippen molar-refractivity contribution in [3.63, 3.8) is 0 Å². The van der Waals surface area contributed by atoms with E-state index in [4.69, 9.17) is 23.2 Å². The number of hydrogen-bond donors (Lipinski definition) is 0. The Labute approximate surface area is 124 Å². The van der Waals surface area contributed by atoms with E-state index in [9.17, 15) is 13.2 Å². The number of hydrogen-bond acceptors (Lipinski definition) is 1. The van der Waals surface area contributed by atoms with Crippen molar-refractivity contribution in [2.75, 3.05) is 0 Å². The van der Waals surface area contributed by atoms with Crippen molar-refractivity contribution in [3.8, 4) is 0 Å². The molecule has 0 aliphatic heterocycles. The van der Waals surface area contributed by atoms with E-state index < -0.39 is 11.9 Å². The molecule has 0 aliphatic rings. The smallest absolute Gasteiger partial charge is 0.242 e. The maximum Gasteiger partial charge on any atom is 0.433 e. The van der Waals surface area contributed by atoms with Gasteiger partial charge in [-0.05, 0) is 47.2 Å². The molecule has 0 bridgehead atoms. The van der Waals surface area contributed by atoms with Gasteiger partial charge in [-0.25, -0.2) is 4.98 Å². The number of fused-ring (bicyclic) bond motifs is 1. The second-order valence-electron chi connectivity index (χ2n) is 3.68. The Hall–Kier alpha value is -0.270. The maximum atomic E-state index is 12.8. The van der Waals surface area contributed by atoms with Gasteiger partial charge < -0.3 is 0 Å². The zero-order valence-corrected chi connectivity index (χ0v) is 12.5. The van der Waals surface area contributed by atoms with Crippen LogP contribution in [0.5, 0.6) is 0 Å². The SMILES string of the molecule is Cc1c(C(F)(F)F)nc2c(I)cc(Cl)cc2c1Cl. The maximum absolute atomic E-state index is 12.8. The van der Waals surface area contributed by atoms with Crippen LogP contribution in [0.2, 0.25) is 10.0 Å². The third-order valence-corrected chi connectivity index (χ3v) is 3.97. The fraction of sp³-hybridized carbons (Fsp3) is 0.182. The Kier molecular flexibility index (Phi) is 3.68. The predicted molar refractivity (Wildman–Crippen MR) is 74.2 cm³/mol. The summed E-state index contributed by atoms with van der Waals surface area (Å²) in [4.78, 5) is 3.67. The lowest BCUT2D eigenvalue weighted by Gasteiger charge is -2.13. The van der Waals surface area contributed by atoms with Gasteiger partial charge in [0.2, 0.25) is 0 Å². The minimum Gasteiger partial charge on any atom is -0.242 e. The van der Waals surface area contributed by atoms with Crippen LogP contribution in [0.25, 0.3) is 10.9 Å². The fourth-order valence-corrected chi connectivity index (χ4v) is 3.01. The zero-order chi connectivity index (χ0) is 13.7. The molecule has 7 heteroatoms. The first-order chi connectivity index (χ1) is 8.21. The Morgan fingerprint density at radius 1 is 1.22 bits per heavy atom. The molecule has 0 unspecified atom stereocenters. The quantitative estimate of drug-likeness (QED) is 0.529. The van der Waals surface area contributed by atoms with Crippen LogP contribution in [0.15, 0.2) is 12.1 Å². The second-order valence-corrected chi connectivity index (χ2v) is 5.66. The highest BCUT2D eigenvalue weighted by molar-refractivity contribution is 14.1. The molecule has 0 saturated carbocycles. The molecule has 0 amide bonds. The molecule has 2 aromatic rings. The summed E-state index contributed by atoms with van der Waals surface area (Å²) in [6, 6.07) is 3.06. The first-order valence-electron chi connectivity index (χ1n) is 4.74. The van der Waals surface area contributed by atoms with Crippen LogP contribution in [0.1, 0.15) is 11.3 Å². The molecule has 1 aromatic carbocycles. The van der Waals surface area contributed by atoms with Gasteiger partial charge >= 0.3 is 6.18 Å². The van der Waals surface area contributed by atoms with Crippen LogP contribution >= 0.6 is 45.8 Å². The van der Waals surface area contributed by atoms with E-state index in [1.807, 2.05) is 22.6 Å². The van der Waals surface area contributed by atoms with Crippen molar-refractivity contribution < 1.29 is 13.2 Å². The average Bonchev–Trinajstić information content (AvgIpc) is 2.22. The summed E-state index contributed by atoms with van der Waals surface area (Å²) in [5.41, 5.74) is -0.835. The molecule has 2 rings (SSSR count). The summed E-state index contributed by atoms with van der Waals surface area (Å²) in [7, 11) is 0. The molecular weight excluding hydrogens is 401 g/mol. The van der Waals surface area contributed by atoms with E-state index in [1.165, 1.54) is 13.0 Å². The number of halogens is 6. The van der Waals surface area contributed by atoms with Crippen LogP contribution in [0.4, 0.5) is 13.2 Å². The van der Waals surface area contributed by atoms with Gasteiger partial charge in [0.1, 0.15) is 5.69 Å². The standard InChI is InChI=1S/C11H5Cl2F3IN/c1-4-8(13)6-2-5(12)3-7(17)9(6)18-10(4)11(14,15)16/h2-3H,1H3. The van der Waals surface area contributed by atoms with Gasteiger partial charge in [0.05, 0.1) is 10.5 Å². The third-order valence-electron chi connectivity index (χ3n) is 2.44. The summed E-state index contributed by atoms with van der Waals surface area (Å²) in [6.45, 7) is 1.30. The van der Waals surface area contributed by atoms with Gasteiger partial charge in [0, 0.05) is 14.0 Å². The number of pyridine rings is 1. The van der Waals surface area contributed by atoms with Crippen molar-refractivity contribution in [2.24, 2.45) is 0 Å². The monoisotopic (exact) mass is 405 g/mol. The molecule has 0 atom stereocenters. The number of alkyl halides is 3. The molecule has 0 saturated heterocycles. The van der Waals surface area contributed by atoms with Gasteiger partial charge in [-0.3, -0.25) is 0 Å². The average molecular weight is 406 g/mol. The Bertz CT molecular complexity index is 640. The molecule has 1 aromatic heterocycles. The molecule has 96 valence electrons. The molecule has 1 nitrogen and oxygen atoms in total. The minimum absolute atomic E-state index is 0.0349. The van der Waals surface area contributed by atoms with Gasteiger partial charge in [0.15, 0.2) is 0 Å². The molecule has 0 spiro atoms. The topological polar surface area (TPSA) is 12.9 Å². The molecule has 0 fully saturated rings. The Morgan fingerprint density at radius 2 is 1.83 bits per heavy atom. The first kappa shape index (κ1) is 14.1. The van der Waals surface area contributed by atoms with Gasteiger partial charge in [-0.1, -0.05) is 23.2 Å². The highest BCUT2D eigenvalue weighted by Gasteiger charge is 2.36. The Morgan fingerprint density at radius 3 is 2.39 bits per heavy atom. The molecular formula is C11H5Cl2F3IN. The summed E-state index contributed by atoms with van der Waals surface area (Å²) in [5.74, 6) is 0. The van der Waals surface area contributed by atoms with E-state index in [0.717, 1.165) is 0 Å². The van der Waals surface area contributed by atoms with Gasteiger partial charge in [-0.15, -0.1) is 0 Å². The normalized spacial score (nSPS) is 12.2. The van der Waals surface area contributed by atoms with Crippen molar-refractivity contribution >= 4 is 56.7 Å². The van der Waals surface area contributed by atoms with E-state index >= 15 is 0 Å². The fourth-order valence-electron chi connectivity index (χ4n) is 1.62. The van der Waals surface area contributed by atoms with Gasteiger partial charge in [0.25, 0.3) is 0 Å². The first-order valence-corrected chi connectivity index (χ1v) is 6.57. The van der Waals surface area contributed by atoms with Crippen LogP contribution in [-0.2, 0) is 6.18 Å². The van der Waals surface area contributed by atoms with Crippen molar-refractivity contribution in [1.82, 2.24) is 4.98 Å². The minimum atomic E-state index is -4.52. The lowest BCUT2D eigenvalue weighted by molar-refractivity contribution is -0.141. The van der Waals surface area contributed by atoms with Crippen LogP contribution in [0.3, 0.4) is 0 Å². The number of nitrogens with zero attached hydrogens (tertiary/aromatic N) is 1.